The van der Waals surface area contributed by atoms with E-state index >= 15 is 4.39 Å². The largest absolute Gasteiger partial charge is 0.393 e. The molecule has 0 bridgehead atoms. The third kappa shape index (κ3) is 4.06. The third-order valence-electron chi connectivity index (χ3n) is 9.16. The minimum absolute atomic E-state index is 0.150. The lowest BCUT2D eigenvalue weighted by molar-refractivity contribution is -0.0743. The van der Waals surface area contributed by atoms with Crippen LogP contribution in [0.5, 0.6) is 0 Å². The molecular weight excluding hydrogens is 403 g/mol. The minimum atomic E-state index is -0.952. The summed E-state index contributed by atoms with van der Waals surface area (Å²) in [5, 5.41) is 17.5. The maximum absolute atomic E-state index is 16.2. The third-order valence-corrected chi connectivity index (χ3v) is 9.62. The lowest BCUT2D eigenvalue weighted by atomic mass is 9.57. The van der Waals surface area contributed by atoms with Gasteiger partial charge in [0.2, 0.25) is 0 Å². The van der Waals surface area contributed by atoms with Gasteiger partial charge in [-0.05, 0) is 62.8 Å². The number of rotatable bonds is 2. The normalized spacial score (nSPS) is 53.0. The molecule has 5 fully saturated rings. The quantitative estimate of drug-likeness (QED) is 0.494. The van der Waals surface area contributed by atoms with Crippen molar-refractivity contribution in [2.75, 3.05) is 19.8 Å². The summed E-state index contributed by atoms with van der Waals surface area (Å²) in [6, 6.07) is 0.0562. The molecule has 0 amide bonds. The first kappa shape index (κ1) is 21.8. The molecule has 11 unspecified atom stereocenters. The average Bonchev–Trinajstić information content (AvgIpc) is 2.73. The van der Waals surface area contributed by atoms with Crippen LogP contribution in [0.25, 0.3) is 0 Å². The Morgan fingerprint density at radius 1 is 0.967 bits per heavy atom. The van der Waals surface area contributed by atoms with Crippen LogP contribution in [0.3, 0.4) is 0 Å². The standard InChI is InChI=1S/C23H40ClFN4O/c24-19-10-18-22(27-12-28-23(18)29-7-3-5-14(26)11-29)21(25)20(19)17-9-15(30)8-13-4-1-2-6-16(13)17/h13-23,27-28,30H,1-12,26H2. The first-order chi connectivity index (χ1) is 14.5. The summed E-state index contributed by atoms with van der Waals surface area (Å²) in [4.78, 5) is 2.44. The Labute approximate surface area is 185 Å². The van der Waals surface area contributed by atoms with Gasteiger partial charge in [0.05, 0.1) is 12.3 Å². The number of aliphatic hydroxyl groups excluding tert-OH is 1. The maximum atomic E-state index is 16.2. The summed E-state index contributed by atoms with van der Waals surface area (Å²) in [5.74, 6) is 1.33. The smallest absolute Gasteiger partial charge is 0.120 e. The van der Waals surface area contributed by atoms with E-state index in [1.807, 2.05) is 0 Å². The van der Waals surface area contributed by atoms with Crippen LogP contribution in [0.15, 0.2) is 0 Å². The molecule has 0 radical (unpaired) electrons. The number of nitrogens with zero attached hydrogens (tertiary/aromatic N) is 1. The highest BCUT2D eigenvalue weighted by Gasteiger charge is 2.54. The van der Waals surface area contributed by atoms with Gasteiger partial charge in [-0.2, -0.15) is 0 Å². The Hall–Kier alpha value is 0.0200. The van der Waals surface area contributed by atoms with Crippen molar-refractivity contribution in [3.63, 3.8) is 0 Å². The molecule has 2 heterocycles. The molecule has 11 atom stereocenters. The van der Waals surface area contributed by atoms with Gasteiger partial charge in [-0.25, -0.2) is 4.39 Å². The molecule has 0 spiro atoms. The van der Waals surface area contributed by atoms with E-state index in [4.69, 9.17) is 17.3 Å². The minimum Gasteiger partial charge on any atom is -0.393 e. The zero-order valence-corrected chi connectivity index (χ0v) is 18.8. The zero-order chi connectivity index (χ0) is 20.8. The van der Waals surface area contributed by atoms with E-state index in [9.17, 15) is 5.11 Å². The van der Waals surface area contributed by atoms with E-state index in [1.165, 1.54) is 25.7 Å². The number of aliphatic hydroxyl groups is 1. The fraction of sp³-hybridized carbons (Fsp3) is 1.00. The number of alkyl halides is 2. The average molecular weight is 443 g/mol. The summed E-state index contributed by atoms with van der Waals surface area (Å²) >= 11 is 7.02. The Morgan fingerprint density at radius 2 is 1.80 bits per heavy atom. The van der Waals surface area contributed by atoms with Crippen molar-refractivity contribution in [2.24, 2.45) is 35.3 Å². The molecule has 5 nitrogen and oxygen atoms in total. The second-order valence-corrected chi connectivity index (χ2v) is 11.4. The molecule has 0 aromatic heterocycles. The van der Waals surface area contributed by atoms with Gasteiger partial charge in [0.25, 0.3) is 0 Å². The molecule has 2 saturated heterocycles. The SMILES string of the molecule is NC1CCCN(C2NCNC3C(F)C(C4CC(O)CC5CCCCC54)C(Cl)CC32)C1. The topological polar surface area (TPSA) is 73.5 Å². The van der Waals surface area contributed by atoms with Gasteiger partial charge in [-0.15, -0.1) is 11.6 Å². The maximum Gasteiger partial charge on any atom is 0.120 e. The highest BCUT2D eigenvalue weighted by Crippen LogP contribution is 2.52. The molecular formula is C23H40ClFN4O. The number of nitrogens with two attached hydrogens (primary N) is 1. The fourth-order valence-electron chi connectivity index (χ4n) is 7.93. The van der Waals surface area contributed by atoms with E-state index in [0.29, 0.717) is 18.5 Å². The van der Waals surface area contributed by atoms with Crippen molar-refractivity contribution in [2.45, 2.75) is 93.7 Å². The fourth-order valence-corrected chi connectivity index (χ4v) is 8.46. The van der Waals surface area contributed by atoms with Crippen LogP contribution in [-0.2, 0) is 0 Å². The van der Waals surface area contributed by atoms with Gasteiger partial charge < -0.3 is 10.8 Å². The van der Waals surface area contributed by atoms with Crippen LogP contribution < -0.4 is 16.4 Å². The van der Waals surface area contributed by atoms with E-state index in [-0.39, 0.29) is 47.5 Å². The van der Waals surface area contributed by atoms with Gasteiger partial charge in [0, 0.05) is 42.5 Å². The van der Waals surface area contributed by atoms with Crippen LogP contribution in [0.2, 0.25) is 0 Å². The molecule has 30 heavy (non-hydrogen) atoms. The Balaban J connectivity index is 1.35. The second kappa shape index (κ2) is 9.11. The molecule has 5 aliphatic rings. The van der Waals surface area contributed by atoms with E-state index in [1.54, 1.807) is 0 Å². The zero-order valence-electron chi connectivity index (χ0n) is 18.1. The lowest BCUT2D eigenvalue weighted by Crippen LogP contribution is -2.70. The Kier molecular flexibility index (Phi) is 6.63. The molecule has 0 aromatic carbocycles. The van der Waals surface area contributed by atoms with Crippen LogP contribution in [0.4, 0.5) is 4.39 Å². The van der Waals surface area contributed by atoms with E-state index < -0.39 is 6.17 Å². The number of hydrogen-bond acceptors (Lipinski definition) is 5. The van der Waals surface area contributed by atoms with Crippen molar-refractivity contribution in [1.29, 1.82) is 0 Å². The van der Waals surface area contributed by atoms with Crippen LogP contribution >= 0.6 is 11.6 Å². The summed E-state index contributed by atoms with van der Waals surface area (Å²) in [5.41, 5.74) is 6.24. The van der Waals surface area contributed by atoms with Crippen LogP contribution in [0.1, 0.15) is 57.8 Å². The first-order valence-electron chi connectivity index (χ1n) is 12.5. The first-order valence-corrected chi connectivity index (χ1v) is 12.9. The van der Waals surface area contributed by atoms with Crippen LogP contribution in [-0.4, -0.2) is 65.7 Å². The molecule has 2 aliphatic heterocycles. The van der Waals surface area contributed by atoms with Crippen molar-refractivity contribution in [3.05, 3.63) is 0 Å². The van der Waals surface area contributed by atoms with Crippen molar-refractivity contribution >= 4 is 11.6 Å². The molecule has 172 valence electrons. The van der Waals surface area contributed by atoms with Gasteiger partial charge in [0.15, 0.2) is 0 Å². The molecule has 5 rings (SSSR count). The number of fused-ring (bicyclic) bond motifs is 2. The number of piperidine rings is 1. The van der Waals surface area contributed by atoms with Gasteiger partial charge in [0.1, 0.15) is 6.17 Å². The summed E-state index contributed by atoms with van der Waals surface area (Å²) < 4.78 is 16.2. The lowest BCUT2D eigenvalue weighted by Gasteiger charge is -2.55. The number of halogens is 2. The van der Waals surface area contributed by atoms with E-state index in [2.05, 4.69) is 15.5 Å². The summed E-state index contributed by atoms with van der Waals surface area (Å²) in [7, 11) is 0. The number of hydrogen-bond donors (Lipinski definition) is 4. The van der Waals surface area contributed by atoms with Gasteiger partial charge in [-0.1, -0.05) is 19.3 Å². The van der Waals surface area contributed by atoms with Crippen molar-refractivity contribution in [1.82, 2.24) is 15.5 Å². The van der Waals surface area contributed by atoms with Crippen LogP contribution in [0, 0.1) is 29.6 Å². The molecule has 5 N–H and O–H groups in total. The predicted molar refractivity (Wildman–Crippen MR) is 118 cm³/mol. The van der Waals surface area contributed by atoms with Crippen molar-refractivity contribution < 1.29 is 9.50 Å². The molecule has 7 heteroatoms. The highest BCUT2D eigenvalue weighted by atomic mass is 35.5. The predicted octanol–water partition coefficient (Wildman–Crippen LogP) is 2.41. The number of nitrogens with one attached hydrogen (secondary N) is 2. The molecule has 3 aliphatic carbocycles. The highest BCUT2D eigenvalue weighted by molar-refractivity contribution is 6.21. The number of likely N-dealkylation sites (tertiary alicyclic amines) is 1. The molecule has 0 aromatic rings. The van der Waals surface area contributed by atoms with E-state index in [0.717, 1.165) is 45.2 Å². The Morgan fingerprint density at radius 3 is 2.63 bits per heavy atom. The molecule has 3 saturated carbocycles. The Bertz CT molecular complexity index is 600. The summed E-state index contributed by atoms with van der Waals surface area (Å²) in [6.07, 6.45) is 8.46. The second-order valence-electron chi connectivity index (χ2n) is 10.9. The summed E-state index contributed by atoms with van der Waals surface area (Å²) in [6.45, 7) is 2.55. The monoisotopic (exact) mass is 442 g/mol. The van der Waals surface area contributed by atoms with Gasteiger partial charge >= 0.3 is 0 Å². The van der Waals surface area contributed by atoms with Crippen molar-refractivity contribution in [3.8, 4) is 0 Å². The van der Waals surface area contributed by atoms with Gasteiger partial charge in [-0.3, -0.25) is 15.5 Å².